The molecule has 0 spiro atoms. The van der Waals surface area contributed by atoms with E-state index in [4.69, 9.17) is 0 Å². The zero-order chi connectivity index (χ0) is 11.0. The van der Waals surface area contributed by atoms with Crippen molar-refractivity contribution in [2.75, 3.05) is 0 Å². The normalized spacial score (nSPS) is 25.9. The van der Waals surface area contributed by atoms with Gasteiger partial charge in [0.1, 0.15) is 0 Å². The number of rotatable bonds is 1. The number of hydrogen-bond donors (Lipinski definition) is 1. The van der Waals surface area contributed by atoms with Gasteiger partial charge in [0.05, 0.1) is 6.10 Å². The highest BCUT2D eigenvalue weighted by atomic mass is 19.2. The topological polar surface area (TPSA) is 20.2 Å². The predicted molar refractivity (Wildman–Crippen MR) is 48.9 cm³/mol. The fraction of sp³-hybridized carbons (Fsp3) is 0.455. The minimum Gasteiger partial charge on any atom is -0.392 e. The average Bonchev–Trinajstić information content (AvgIpc) is 2.60. The lowest BCUT2D eigenvalue weighted by atomic mass is 9.95. The molecule has 4 heteroatoms. The summed E-state index contributed by atoms with van der Waals surface area (Å²) in [5.74, 6) is -4.10. The number of halogens is 3. The molecule has 2 unspecified atom stereocenters. The third-order valence-electron chi connectivity index (χ3n) is 2.91. The van der Waals surface area contributed by atoms with Crippen LogP contribution in [0, 0.1) is 17.5 Å². The summed E-state index contributed by atoms with van der Waals surface area (Å²) < 4.78 is 38.5. The Morgan fingerprint density at radius 2 is 1.67 bits per heavy atom. The fourth-order valence-corrected chi connectivity index (χ4v) is 2.12. The van der Waals surface area contributed by atoms with Crippen LogP contribution in [-0.2, 0) is 0 Å². The lowest BCUT2D eigenvalue weighted by Gasteiger charge is -2.15. The van der Waals surface area contributed by atoms with E-state index in [0.29, 0.717) is 18.4 Å². The third kappa shape index (κ3) is 1.86. The molecule has 82 valence electrons. The second-order valence-electron chi connectivity index (χ2n) is 3.90. The van der Waals surface area contributed by atoms with Crippen molar-refractivity contribution in [2.24, 2.45) is 0 Å². The second-order valence-corrected chi connectivity index (χ2v) is 3.90. The lowest BCUT2D eigenvalue weighted by Crippen LogP contribution is -2.12. The molecule has 0 saturated heterocycles. The molecule has 2 rings (SSSR count). The van der Waals surface area contributed by atoms with Gasteiger partial charge in [-0.2, -0.15) is 0 Å². The summed E-state index contributed by atoms with van der Waals surface area (Å²) in [6, 6.07) is 1.94. The standard InChI is InChI=1S/C11H11F3O/c12-8-4-6(5-9(13)11(8)14)7-2-1-3-10(7)15/h4-5,7,10,15H,1-3H2. The van der Waals surface area contributed by atoms with Gasteiger partial charge in [0, 0.05) is 5.92 Å². The molecular weight excluding hydrogens is 205 g/mol. The maximum Gasteiger partial charge on any atom is 0.194 e. The summed E-state index contributed by atoms with van der Waals surface area (Å²) in [6.45, 7) is 0. The maximum absolute atomic E-state index is 12.9. The van der Waals surface area contributed by atoms with Crippen molar-refractivity contribution < 1.29 is 18.3 Å². The van der Waals surface area contributed by atoms with Crippen molar-refractivity contribution in [3.05, 3.63) is 35.1 Å². The minimum atomic E-state index is -1.45. The fourth-order valence-electron chi connectivity index (χ4n) is 2.12. The molecule has 1 aliphatic carbocycles. The summed E-state index contributed by atoms with van der Waals surface area (Å²) in [7, 11) is 0. The highest BCUT2D eigenvalue weighted by molar-refractivity contribution is 5.25. The molecule has 15 heavy (non-hydrogen) atoms. The zero-order valence-electron chi connectivity index (χ0n) is 8.01. The van der Waals surface area contributed by atoms with Crippen LogP contribution in [0.1, 0.15) is 30.7 Å². The molecule has 0 heterocycles. The van der Waals surface area contributed by atoms with Crippen molar-refractivity contribution in [1.29, 1.82) is 0 Å². The lowest BCUT2D eigenvalue weighted by molar-refractivity contribution is 0.163. The molecular formula is C11H11F3O. The average molecular weight is 216 g/mol. The Labute approximate surface area is 85.5 Å². The molecule has 1 saturated carbocycles. The van der Waals surface area contributed by atoms with Crippen molar-refractivity contribution in [1.82, 2.24) is 0 Å². The van der Waals surface area contributed by atoms with Gasteiger partial charge in [-0.05, 0) is 30.5 Å². The van der Waals surface area contributed by atoms with Gasteiger partial charge in [0.15, 0.2) is 17.5 Å². The van der Waals surface area contributed by atoms with Crippen LogP contribution in [-0.4, -0.2) is 11.2 Å². The van der Waals surface area contributed by atoms with Gasteiger partial charge in [-0.15, -0.1) is 0 Å². The largest absolute Gasteiger partial charge is 0.392 e. The van der Waals surface area contributed by atoms with Gasteiger partial charge >= 0.3 is 0 Å². The minimum absolute atomic E-state index is 0.269. The Hall–Kier alpha value is -1.03. The molecule has 0 radical (unpaired) electrons. The first-order chi connectivity index (χ1) is 7.09. The molecule has 1 fully saturated rings. The van der Waals surface area contributed by atoms with Crippen LogP contribution in [0.3, 0.4) is 0 Å². The van der Waals surface area contributed by atoms with E-state index >= 15 is 0 Å². The zero-order valence-corrected chi connectivity index (χ0v) is 8.01. The van der Waals surface area contributed by atoms with E-state index in [1.54, 1.807) is 0 Å². The van der Waals surface area contributed by atoms with Crippen LogP contribution in [0.5, 0.6) is 0 Å². The molecule has 1 nitrogen and oxygen atoms in total. The number of hydrogen-bond acceptors (Lipinski definition) is 1. The molecule has 1 aliphatic rings. The molecule has 1 N–H and O–H groups in total. The van der Waals surface area contributed by atoms with E-state index in [-0.39, 0.29) is 5.92 Å². The Morgan fingerprint density at radius 1 is 1.07 bits per heavy atom. The summed E-state index contributed by atoms with van der Waals surface area (Å²) in [5, 5.41) is 9.55. The van der Waals surface area contributed by atoms with E-state index < -0.39 is 23.6 Å². The SMILES string of the molecule is OC1CCCC1c1cc(F)c(F)c(F)c1. The van der Waals surface area contributed by atoms with Crippen molar-refractivity contribution in [3.63, 3.8) is 0 Å². The quantitative estimate of drug-likeness (QED) is 0.715. The molecule has 1 aromatic rings. The van der Waals surface area contributed by atoms with Gasteiger partial charge in [-0.25, -0.2) is 13.2 Å². The summed E-state index contributed by atoms with van der Waals surface area (Å²) >= 11 is 0. The van der Waals surface area contributed by atoms with Gasteiger partial charge in [-0.3, -0.25) is 0 Å². The number of benzene rings is 1. The van der Waals surface area contributed by atoms with Crippen molar-refractivity contribution >= 4 is 0 Å². The van der Waals surface area contributed by atoms with Gasteiger partial charge < -0.3 is 5.11 Å². The Kier molecular flexibility index (Phi) is 2.69. The van der Waals surface area contributed by atoms with E-state index in [1.807, 2.05) is 0 Å². The first-order valence-corrected chi connectivity index (χ1v) is 4.92. The van der Waals surface area contributed by atoms with E-state index in [1.165, 1.54) is 0 Å². The molecule has 0 bridgehead atoms. The molecule has 1 aromatic carbocycles. The summed E-state index contributed by atoms with van der Waals surface area (Å²) in [5.41, 5.74) is 0.344. The molecule has 2 atom stereocenters. The van der Waals surface area contributed by atoms with Crippen LogP contribution in [0.15, 0.2) is 12.1 Å². The van der Waals surface area contributed by atoms with Gasteiger partial charge in [0.25, 0.3) is 0 Å². The number of aliphatic hydroxyl groups is 1. The van der Waals surface area contributed by atoms with Crippen molar-refractivity contribution in [3.8, 4) is 0 Å². The van der Waals surface area contributed by atoms with E-state index in [9.17, 15) is 18.3 Å². The summed E-state index contributed by atoms with van der Waals surface area (Å²) in [6.07, 6.45) is 1.57. The maximum atomic E-state index is 12.9. The van der Waals surface area contributed by atoms with Crippen LogP contribution in [0.25, 0.3) is 0 Å². The van der Waals surface area contributed by atoms with Crippen LogP contribution in [0.4, 0.5) is 13.2 Å². The Morgan fingerprint density at radius 3 is 2.13 bits per heavy atom. The first kappa shape index (κ1) is 10.5. The van der Waals surface area contributed by atoms with E-state index in [2.05, 4.69) is 0 Å². The highest BCUT2D eigenvalue weighted by Gasteiger charge is 2.28. The Balaban J connectivity index is 2.36. The van der Waals surface area contributed by atoms with Crippen LogP contribution in [0.2, 0.25) is 0 Å². The van der Waals surface area contributed by atoms with E-state index in [0.717, 1.165) is 18.6 Å². The molecule has 0 aromatic heterocycles. The van der Waals surface area contributed by atoms with Crippen LogP contribution < -0.4 is 0 Å². The molecule has 0 amide bonds. The third-order valence-corrected chi connectivity index (χ3v) is 2.91. The van der Waals surface area contributed by atoms with Gasteiger partial charge in [0.2, 0.25) is 0 Å². The first-order valence-electron chi connectivity index (χ1n) is 4.92. The monoisotopic (exact) mass is 216 g/mol. The predicted octanol–water partition coefficient (Wildman–Crippen LogP) is 2.73. The second kappa shape index (κ2) is 3.85. The Bertz CT molecular complexity index is 355. The number of aliphatic hydroxyl groups excluding tert-OH is 1. The highest BCUT2D eigenvalue weighted by Crippen LogP contribution is 2.35. The van der Waals surface area contributed by atoms with Gasteiger partial charge in [-0.1, -0.05) is 6.42 Å². The van der Waals surface area contributed by atoms with Crippen LogP contribution >= 0.6 is 0 Å². The molecule has 0 aliphatic heterocycles. The smallest absolute Gasteiger partial charge is 0.194 e. The van der Waals surface area contributed by atoms with Crippen molar-refractivity contribution in [2.45, 2.75) is 31.3 Å². The summed E-state index contributed by atoms with van der Waals surface area (Å²) in [4.78, 5) is 0.